The molecule has 0 atom stereocenters. The summed E-state index contributed by atoms with van der Waals surface area (Å²) in [6.07, 6.45) is 21.4. The predicted molar refractivity (Wildman–Crippen MR) is 105 cm³/mol. The van der Waals surface area contributed by atoms with Gasteiger partial charge in [-0.3, -0.25) is 0 Å². The fourth-order valence-corrected chi connectivity index (χ4v) is 16.8. The summed E-state index contributed by atoms with van der Waals surface area (Å²) >= 11 is 0. The van der Waals surface area contributed by atoms with E-state index >= 15 is 0 Å². The molecule has 24 heavy (non-hydrogen) atoms. The summed E-state index contributed by atoms with van der Waals surface area (Å²) in [6.45, 7) is 5.60. The van der Waals surface area contributed by atoms with Crippen LogP contribution in [0.2, 0.25) is 0 Å². The highest BCUT2D eigenvalue weighted by Crippen LogP contribution is 2.87. The normalized spacial score (nSPS) is 59.8. The minimum Gasteiger partial charge on any atom is -0.0472 e. The molecule has 0 radical (unpaired) electrons. The Hall–Kier alpha value is 0.430. The van der Waals surface area contributed by atoms with E-state index in [1.54, 1.807) is 83.2 Å². The monoisotopic (exact) mass is 345 g/mol. The molecular formula is C23H38P+. The summed E-state index contributed by atoms with van der Waals surface area (Å²) in [5.41, 5.74) is 0. The van der Waals surface area contributed by atoms with Gasteiger partial charge in [-0.25, -0.2) is 0 Å². The third kappa shape index (κ3) is 1.81. The van der Waals surface area contributed by atoms with Crippen molar-refractivity contribution in [2.24, 2.45) is 35.5 Å². The Morgan fingerprint density at radius 3 is 1.04 bits per heavy atom. The molecule has 8 rings (SSSR count). The highest BCUT2D eigenvalue weighted by atomic mass is 31.2. The van der Waals surface area contributed by atoms with Gasteiger partial charge in [0.25, 0.3) is 0 Å². The second kappa shape index (κ2) is 4.82. The molecule has 0 aliphatic heterocycles. The number of rotatable bonds is 3. The van der Waals surface area contributed by atoms with Crippen molar-refractivity contribution >= 4 is 7.26 Å². The van der Waals surface area contributed by atoms with Crippen LogP contribution in [0.25, 0.3) is 0 Å². The molecule has 0 aromatic heterocycles. The van der Waals surface area contributed by atoms with Crippen LogP contribution in [-0.4, -0.2) is 23.1 Å². The van der Waals surface area contributed by atoms with E-state index in [0.717, 1.165) is 45.8 Å². The van der Waals surface area contributed by atoms with E-state index in [9.17, 15) is 0 Å². The van der Waals surface area contributed by atoms with E-state index in [1.807, 2.05) is 0 Å². The lowest BCUT2D eigenvalue weighted by Gasteiger charge is -2.67. The van der Waals surface area contributed by atoms with Crippen LogP contribution >= 0.6 is 7.26 Å². The molecule has 8 aliphatic carbocycles. The summed E-state index contributed by atoms with van der Waals surface area (Å²) in [6, 6.07) is 0. The van der Waals surface area contributed by atoms with Crippen molar-refractivity contribution in [3.05, 3.63) is 0 Å². The Morgan fingerprint density at radius 2 is 0.833 bits per heavy atom. The Labute approximate surface area is 150 Å². The highest BCUT2D eigenvalue weighted by molar-refractivity contribution is 7.78. The van der Waals surface area contributed by atoms with Gasteiger partial charge in [-0.2, -0.15) is 0 Å². The second-order valence-electron chi connectivity index (χ2n) is 11.8. The van der Waals surface area contributed by atoms with Gasteiger partial charge < -0.3 is 0 Å². The lowest BCUT2D eigenvalue weighted by molar-refractivity contribution is 0.0162. The van der Waals surface area contributed by atoms with Crippen molar-refractivity contribution in [3.63, 3.8) is 0 Å². The van der Waals surface area contributed by atoms with Gasteiger partial charge in [0, 0.05) is 13.9 Å². The maximum atomic E-state index is 2.95. The largest absolute Gasteiger partial charge is 0.0810 e. The molecule has 0 nitrogen and oxygen atoms in total. The zero-order valence-corrected chi connectivity index (χ0v) is 17.0. The van der Waals surface area contributed by atoms with Crippen LogP contribution in [0.15, 0.2) is 0 Å². The van der Waals surface area contributed by atoms with Gasteiger partial charge in [0.2, 0.25) is 0 Å². The molecule has 0 amide bonds. The summed E-state index contributed by atoms with van der Waals surface area (Å²) in [5, 5.41) is 1.73. The van der Waals surface area contributed by atoms with E-state index in [1.165, 1.54) is 0 Å². The van der Waals surface area contributed by atoms with Gasteiger partial charge in [-0.15, -0.1) is 0 Å². The van der Waals surface area contributed by atoms with Crippen LogP contribution in [0.3, 0.4) is 0 Å². The molecule has 0 unspecified atom stereocenters. The highest BCUT2D eigenvalue weighted by Gasteiger charge is 2.72. The minimum absolute atomic E-state index is 0.849. The Balaban J connectivity index is 1.43. The molecule has 8 fully saturated rings. The molecule has 0 aromatic carbocycles. The van der Waals surface area contributed by atoms with E-state index in [-0.39, 0.29) is 0 Å². The van der Waals surface area contributed by atoms with Gasteiger partial charge in [-0.05, 0) is 119 Å². The van der Waals surface area contributed by atoms with Crippen molar-refractivity contribution in [3.8, 4) is 0 Å². The topological polar surface area (TPSA) is 0 Å². The van der Waals surface area contributed by atoms with Crippen LogP contribution in [0.1, 0.15) is 84.0 Å². The number of hydrogen-bond donors (Lipinski definition) is 0. The summed E-state index contributed by atoms with van der Waals surface area (Å²) in [4.78, 5) is 0. The van der Waals surface area contributed by atoms with Crippen LogP contribution in [0, 0.1) is 35.5 Å². The SMILES string of the molecule is CC[P+](C)(C12CC3CC(CC(C3)C1)C2)C12CC3CC(CC(C3)C1)C2. The van der Waals surface area contributed by atoms with Crippen molar-refractivity contribution in [1.29, 1.82) is 0 Å². The van der Waals surface area contributed by atoms with Crippen LogP contribution in [-0.2, 0) is 0 Å². The molecule has 8 aliphatic rings. The quantitative estimate of drug-likeness (QED) is 0.506. The van der Waals surface area contributed by atoms with E-state index in [0.29, 0.717) is 0 Å². The van der Waals surface area contributed by atoms with Crippen molar-refractivity contribution < 1.29 is 0 Å². The Morgan fingerprint density at radius 1 is 0.583 bits per heavy atom. The molecule has 8 bridgehead atoms. The van der Waals surface area contributed by atoms with Crippen LogP contribution in [0.4, 0.5) is 0 Å². The van der Waals surface area contributed by atoms with E-state index < -0.39 is 7.26 Å². The maximum Gasteiger partial charge on any atom is 0.0810 e. The predicted octanol–water partition coefficient (Wildman–Crippen LogP) is 6.59. The fraction of sp³-hybridized carbons (Fsp3) is 1.00. The standard InChI is InChI=1S/C23H38P/c1-3-24(2,22-10-16-4-17(11-22)6-18(5-16)12-22)23-13-19-7-20(14-23)9-21(8-19)15-23/h16-21H,3-15H2,1-2H3/q+1. The lowest BCUT2D eigenvalue weighted by Crippen LogP contribution is -2.60. The number of hydrogen-bond acceptors (Lipinski definition) is 0. The van der Waals surface area contributed by atoms with Crippen LogP contribution < -0.4 is 0 Å². The van der Waals surface area contributed by atoms with Gasteiger partial charge >= 0.3 is 0 Å². The Bertz CT molecular complexity index is 432. The molecule has 0 aromatic rings. The molecule has 0 spiro atoms. The average molecular weight is 346 g/mol. The Kier molecular flexibility index (Phi) is 3.11. The second-order valence-corrected chi connectivity index (χ2v) is 16.7. The molecule has 0 saturated heterocycles. The average Bonchev–Trinajstić information content (AvgIpc) is 2.51. The third-order valence-electron chi connectivity index (χ3n) is 10.7. The zero-order valence-electron chi connectivity index (χ0n) is 16.1. The first kappa shape index (κ1) is 15.5. The summed E-state index contributed by atoms with van der Waals surface area (Å²) in [7, 11) is -0.849. The first-order valence-electron chi connectivity index (χ1n) is 11.4. The molecule has 8 saturated carbocycles. The third-order valence-corrected chi connectivity index (χ3v) is 17.3. The van der Waals surface area contributed by atoms with Gasteiger partial charge in [0.05, 0.1) is 16.5 Å². The zero-order chi connectivity index (χ0) is 16.2. The molecule has 0 N–H and O–H groups in total. The van der Waals surface area contributed by atoms with Gasteiger partial charge in [0.1, 0.15) is 0 Å². The summed E-state index contributed by atoms with van der Waals surface area (Å²) < 4.78 is 0. The fourth-order valence-electron chi connectivity index (χ4n) is 10.5. The molecular weight excluding hydrogens is 307 g/mol. The first-order valence-corrected chi connectivity index (χ1v) is 13.8. The minimum atomic E-state index is -0.849. The van der Waals surface area contributed by atoms with Crippen molar-refractivity contribution in [2.75, 3.05) is 12.8 Å². The summed E-state index contributed by atoms with van der Waals surface area (Å²) in [5.74, 6) is 6.89. The lowest BCUT2D eigenvalue weighted by atomic mass is 9.55. The maximum absolute atomic E-state index is 2.95. The molecule has 134 valence electrons. The molecule has 0 heterocycles. The molecule has 1 heteroatoms. The smallest absolute Gasteiger partial charge is 0.0472 e. The van der Waals surface area contributed by atoms with Gasteiger partial charge in [-0.1, -0.05) is 0 Å². The van der Waals surface area contributed by atoms with Crippen molar-refractivity contribution in [2.45, 2.75) is 94.3 Å². The van der Waals surface area contributed by atoms with Crippen LogP contribution in [0.5, 0.6) is 0 Å². The van der Waals surface area contributed by atoms with E-state index in [2.05, 4.69) is 13.6 Å². The first-order chi connectivity index (χ1) is 11.5. The van der Waals surface area contributed by atoms with Gasteiger partial charge in [0.15, 0.2) is 0 Å². The van der Waals surface area contributed by atoms with Crippen molar-refractivity contribution in [1.82, 2.24) is 0 Å². The van der Waals surface area contributed by atoms with E-state index in [4.69, 9.17) is 0 Å².